The van der Waals surface area contributed by atoms with E-state index >= 15 is 0 Å². The minimum Gasteiger partial charge on any atom is -0.444 e. The Morgan fingerprint density at radius 3 is 2.83 bits per heavy atom. The number of hydrogen-bond acceptors (Lipinski definition) is 5. The van der Waals surface area contributed by atoms with Crippen molar-refractivity contribution in [2.24, 2.45) is 0 Å². The molecule has 0 aliphatic carbocycles. The zero-order valence-corrected chi connectivity index (χ0v) is 15.0. The van der Waals surface area contributed by atoms with Crippen molar-refractivity contribution in [2.45, 2.75) is 32.4 Å². The van der Waals surface area contributed by atoms with Crippen molar-refractivity contribution < 1.29 is 19.0 Å². The zero-order valence-electron chi connectivity index (χ0n) is 13.4. The number of aromatic nitrogens is 1. The molecule has 1 fully saturated rings. The highest BCUT2D eigenvalue weighted by molar-refractivity contribution is 9.10. The van der Waals surface area contributed by atoms with Crippen molar-refractivity contribution in [3.8, 4) is 0 Å². The first-order valence-electron chi connectivity index (χ1n) is 7.38. The molecule has 6 nitrogen and oxygen atoms in total. The predicted octanol–water partition coefficient (Wildman–Crippen LogP) is 2.40. The molecule has 1 N–H and O–H groups in total. The van der Waals surface area contributed by atoms with Crippen molar-refractivity contribution in [2.75, 3.05) is 31.1 Å². The number of hydrogen-bond donors (Lipinski definition) is 1. The summed E-state index contributed by atoms with van der Waals surface area (Å²) >= 11 is 3.13. The third-order valence-corrected chi connectivity index (χ3v) is 4.05. The van der Waals surface area contributed by atoms with E-state index in [1.807, 2.05) is 0 Å². The highest BCUT2D eigenvalue weighted by atomic mass is 79.9. The lowest BCUT2D eigenvalue weighted by Crippen LogP contribution is -2.57. The van der Waals surface area contributed by atoms with Gasteiger partial charge in [-0.25, -0.2) is 14.2 Å². The van der Waals surface area contributed by atoms with E-state index in [4.69, 9.17) is 4.74 Å². The van der Waals surface area contributed by atoms with Crippen LogP contribution in [0.4, 0.5) is 15.0 Å². The number of aliphatic hydroxyl groups is 1. The van der Waals surface area contributed by atoms with Crippen LogP contribution in [0.25, 0.3) is 0 Å². The standard InChI is InChI=1S/C15H21BrFN3O3/c1-15(2,3)23-14(22)19-6-7-20(10(8-19)9-21)13-12(17)11(16)4-5-18-13/h4-5,10,21H,6-9H2,1-3H3/t10-/m0/s1. The van der Waals surface area contributed by atoms with E-state index in [1.54, 1.807) is 25.7 Å². The molecule has 1 atom stereocenters. The number of aliphatic hydroxyl groups excluding tert-OH is 1. The van der Waals surface area contributed by atoms with E-state index < -0.39 is 23.6 Å². The molecular weight excluding hydrogens is 369 g/mol. The summed E-state index contributed by atoms with van der Waals surface area (Å²) in [6.07, 6.45) is 1.07. The van der Waals surface area contributed by atoms with Crippen molar-refractivity contribution in [3.05, 3.63) is 22.6 Å². The van der Waals surface area contributed by atoms with Crippen LogP contribution in [-0.4, -0.2) is 59.0 Å². The van der Waals surface area contributed by atoms with Crippen molar-refractivity contribution in [1.82, 2.24) is 9.88 Å². The van der Waals surface area contributed by atoms with Crippen LogP contribution in [-0.2, 0) is 4.74 Å². The summed E-state index contributed by atoms with van der Waals surface area (Å²) in [6, 6.07) is 1.08. The number of carbonyl (C=O) groups excluding carboxylic acids is 1. The number of amides is 1. The predicted molar refractivity (Wildman–Crippen MR) is 87.9 cm³/mol. The molecule has 0 unspecified atom stereocenters. The van der Waals surface area contributed by atoms with E-state index in [0.717, 1.165) is 0 Å². The van der Waals surface area contributed by atoms with Gasteiger partial charge in [-0.3, -0.25) is 0 Å². The quantitative estimate of drug-likeness (QED) is 0.840. The van der Waals surface area contributed by atoms with Crippen LogP contribution in [0.3, 0.4) is 0 Å². The van der Waals surface area contributed by atoms with Gasteiger partial charge in [-0.15, -0.1) is 0 Å². The summed E-state index contributed by atoms with van der Waals surface area (Å²) in [5, 5.41) is 9.63. The molecule has 8 heteroatoms. The smallest absolute Gasteiger partial charge is 0.410 e. The van der Waals surface area contributed by atoms with Gasteiger partial charge in [0.1, 0.15) is 5.60 Å². The van der Waals surface area contributed by atoms with Crippen LogP contribution >= 0.6 is 15.9 Å². The fraction of sp³-hybridized carbons (Fsp3) is 0.600. The Hall–Kier alpha value is -1.41. The average Bonchev–Trinajstić information content (AvgIpc) is 2.48. The maximum Gasteiger partial charge on any atom is 0.410 e. The summed E-state index contributed by atoms with van der Waals surface area (Å²) in [5.41, 5.74) is -0.582. The molecule has 23 heavy (non-hydrogen) atoms. The molecular formula is C15H21BrFN3O3. The number of halogens is 2. The lowest BCUT2D eigenvalue weighted by atomic mass is 10.1. The van der Waals surface area contributed by atoms with Gasteiger partial charge >= 0.3 is 6.09 Å². The zero-order chi connectivity index (χ0) is 17.2. The molecule has 1 aromatic heterocycles. The van der Waals surface area contributed by atoms with Gasteiger partial charge in [0.15, 0.2) is 11.6 Å². The van der Waals surface area contributed by atoms with Crippen molar-refractivity contribution in [1.29, 1.82) is 0 Å². The number of piperazine rings is 1. The van der Waals surface area contributed by atoms with Crippen LogP contribution < -0.4 is 4.90 Å². The summed E-state index contributed by atoms with van der Waals surface area (Å²) in [7, 11) is 0. The summed E-state index contributed by atoms with van der Waals surface area (Å²) < 4.78 is 19.9. The highest BCUT2D eigenvalue weighted by Gasteiger charge is 2.33. The molecule has 0 bridgehead atoms. The minimum absolute atomic E-state index is 0.169. The Morgan fingerprint density at radius 2 is 2.22 bits per heavy atom. The maximum atomic E-state index is 14.2. The topological polar surface area (TPSA) is 65.9 Å². The largest absolute Gasteiger partial charge is 0.444 e. The summed E-state index contributed by atoms with van der Waals surface area (Å²) in [5.74, 6) is -0.307. The molecule has 1 saturated heterocycles. The molecule has 0 saturated carbocycles. The summed E-state index contributed by atoms with van der Waals surface area (Å²) in [6.45, 7) is 6.16. The van der Waals surface area contributed by atoms with Gasteiger partial charge in [0.05, 0.1) is 17.1 Å². The van der Waals surface area contributed by atoms with E-state index in [9.17, 15) is 14.3 Å². The van der Waals surface area contributed by atoms with Crippen LogP contribution in [0.2, 0.25) is 0 Å². The number of anilines is 1. The number of pyridine rings is 1. The van der Waals surface area contributed by atoms with Gasteiger partial charge in [-0.1, -0.05) is 0 Å². The second-order valence-electron chi connectivity index (χ2n) is 6.39. The van der Waals surface area contributed by atoms with Gasteiger partial charge in [0.25, 0.3) is 0 Å². The molecule has 1 aliphatic heterocycles. The molecule has 2 rings (SSSR count). The minimum atomic E-state index is -0.582. The second-order valence-corrected chi connectivity index (χ2v) is 7.24. The molecule has 128 valence electrons. The molecule has 1 aliphatic rings. The van der Waals surface area contributed by atoms with Crippen molar-refractivity contribution in [3.63, 3.8) is 0 Å². The molecule has 0 spiro atoms. The number of carbonyl (C=O) groups is 1. The Labute approximate surface area is 143 Å². The van der Waals surface area contributed by atoms with Crippen molar-refractivity contribution >= 4 is 27.8 Å². The van der Waals surface area contributed by atoms with E-state index in [2.05, 4.69) is 20.9 Å². The molecule has 0 radical (unpaired) electrons. The average molecular weight is 390 g/mol. The van der Waals surface area contributed by atoms with Crippen LogP contribution in [0.1, 0.15) is 20.8 Å². The third-order valence-electron chi connectivity index (χ3n) is 3.44. The second kappa shape index (κ2) is 7.00. The lowest BCUT2D eigenvalue weighted by Gasteiger charge is -2.41. The Kier molecular flexibility index (Phi) is 5.46. The Balaban J connectivity index is 2.13. The van der Waals surface area contributed by atoms with Gasteiger partial charge in [0, 0.05) is 25.8 Å². The Bertz CT molecular complexity index is 580. The van der Waals surface area contributed by atoms with Crippen LogP contribution in [0.15, 0.2) is 16.7 Å². The van der Waals surface area contributed by atoms with E-state index in [0.29, 0.717) is 17.6 Å². The first-order valence-corrected chi connectivity index (χ1v) is 8.17. The van der Waals surface area contributed by atoms with Gasteiger partial charge in [-0.05, 0) is 42.8 Å². The number of nitrogens with zero attached hydrogens (tertiary/aromatic N) is 3. The number of ether oxygens (including phenoxy) is 1. The Morgan fingerprint density at radius 1 is 1.52 bits per heavy atom. The fourth-order valence-electron chi connectivity index (χ4n) is 2.39. The molecule has 0 aromatic carbocycles. The van der Waals surface area contributed by atoms with Crippen LogP contribution in [0, 0.1) is 5.82 Å². The molecule has 1 aromatic rings. The third kappa shape index (κ3) is 4.32. The molecule has 1 amide bonds. The highest BCUT2D eigenvalue weighted by Crippen LogP contribution is 2.27. The van der Waals surface area contributed by atoms with E-state index in [1.165, 1.54) is 17.2 Å². The van der Waals surface area contributed by atoms with E-state index in [-0.39, 0.29) is 19.0 Å². The van der Waals surface area contributed by atoms with Gasteiger partial charge in [-0.2, -0.15) is 0 Å². The first kappa shape index (κ1) is 17.9. The van der Waals surface area contributed by atoms with Crippen LogP contribution in [0.5, 0.6) is 0 Å². The maximum absolute atomic E-state index is 14.2. The number of rotatable bonds is 2. The normalized spacial score (nSPS) is 19.0. The van der Waals surface area contributed by atoms with Gasteiger partial charge in [0.2, 0.25) is 0 Å². The fourth-order valence-corrected chi connectivity index (χ4v) is 2.69. The lowest BCUT2D eigenvalue weighted by molar-refractivity contribution is 0.0196. The first-order chi connectivity index (χ1) is 10.7. The van der Waals surface area contributed by atoms with Gasteiger partial charge < -0.3 is 19.6 Å². The molecule has 2 heterocycles. The monoisotopic (exact) mass is 389 g/mol. The SMILES string of the molecule is CC(C)(C)OC(=O)N1CCN(c2nccc(Br)c2F)[C@H](CO)C1. The summed E-state index contributed by atoms with van der Waals surface area (Å²) in [4.78, 5) is 19.4.